The quantitative estimate of drug-likeness (QED) is 0.855. The molecule has 128 valence electrons. The predicted molar refractivity (Wildman–Crippen MR) is 83.9 cm³/mol. The molecular formula is C16H30N2O4. The van der Waals surface area contributed by atoms with Crippen molar-refractivity contribution in [3.8, 4) is 0 Å². The molecular weight excluding hydrogens is 284 g/mol. The number of methoxy groups -OCH3 is 1. The molecule has 0 spiro atoms. The fraction of sp³-hybridized carbons (Fsp3) is 0.938. The second-order valence-electron chi connectivity index (χ2n) is 7.34. The molecule has 6 heteroatoms. The zero-order chi connectivity index (χ0) is 16.3. The van der Waals surface area contributed by atoms with Crippen molar-refractivity contribution < 1.29 is 19.0 Å². The van der Waals surface area contributed by atoms with E-state index in [2.05, 4.69) is 12.2 Å². The van der Waals surface area contributed by atoms with E-state index in [1.165, 1.54) is 0 Å². The van der Waals surface area contributed by atoms with E-state index in [1.54, 1.807) is 12.0 Å². The Labute approximate surface area is 133 Å². The minimum atomic E-state index is -0.473. The van der Waals surface area contributed by atoms with Crippen molar-refractivity contribution in [2.24, 2.45) is 5.92 Å². The van der Waals surface area contributed by atoms with Gasteiger partial charge in [0.25, 0.3) is 0 Å². The minimum absolute atomic E-state index is 0.00251. The molecule has 0 aromatic carbocycles. The van der Waals surface area contributed by atoms with Crippen molar-refractivity contribution in [3.05, 3.63) is 0 Å². The van der Waals surface area contributed by atoms with E-state index in [0.29, 0.717) is 25.0 Å². The van der Waals surface area contributed by atoms with Gasteiger partial charge < -0.3 is 24.4 Å². The lowest BCUT2D eigenvalue weighted by molar-refractivity contribution is 0.0252. The molecule has 2 fully saturated rings. The summed E-state index contributed by atoms with van der Waals surface area (Å²) >= 11 is 0. The summed E-state index contributed by atoms with van der Waals surface area (Å²) in [5.74, 6) is 0.535. The van der Waals surface area contributed by atoms with E-state index in [0.717, 1.165) is 19.6 Å². The Morgan fingerprint density at radius 2 is 2.09 bits per heavy atom. The number of carbonyl (C=O) groups is 1. The van der Waals surface area contributed by atoms with Gasteiger partial charge in [0, 0.05) is 26.3 Å². The number of amides is 1. The topological polar surface area (TPSA) is 60.0 Å². The molecule has 0 aromatic rings. The Bertz CT molecular complexity index is 377. The molecule has 0 aliphatic carbocycles. The number of ether oxygens (including phenoxy) is 3. The maximum absolute atomic E-state index is 12.2. The molecule has 0 saturated carbocycles. The van der Waals surface area contributed by atoms with Crippen LogP contribution in [0.4, 0.5) is 4.79 Å². The third-order valence-corrected chi connectivity index (χ3v) is 4.37. The summed E-state index contributed by atoms with van der Waals surface area (Å²) in [7, 11) is 1.70. The van der Waals surface area contributed by atoms with E-state index >= 15 is 0 Å². The first kappa shape index (κ1) is 17.5. The molecule has 2 aliphatic rings. The predicted octanol–water partition coefficient (Wildman–Crippen LogP) is 1.64. The van der Waals surface area contributed by atoms with E-state index < -0.39 is 5.60 Å². The molecule has 2 heterocycles. The number of nitrogens with zero attached hydrogens (tertiary/aromatic N) is 1. The lowest BCUT2D eigenvalue weighted by Gasteiger charge is -2.26. The Kier molecular flexibility index (Phi) is 5.69. The van der Waals surface area contributed by atoms with Crippen molar-refractivity contribution in [2.45, 2.75) is 57.9 Å². The van der Waals surface area contributed by atoms with Crippen LogP contribution in [0.25, 0.3) is 0 Å². The Hall–Kier alpha value is -0.850. The Balaban J connectivity index is 1.90. The summed E-state index contributed by atoms with van der Waals surface area (Å²) in [6, 6.07) is 0.483. The smallest absolute Gasteiger partial charge is 0.410 e. The lowest BCUT2D eigenvalue weighted by Crippen LogP contribution is -2.47. The number of hydrogen-bond donors (Lipinski definition) is 1. The zero-order valence-corrected chi connectivity index (χ0v) is 14.4. The summed E-state index contributed by atoms with van der Waals surface area (Å²) in [5.41, 5.74) is -0.473. The zero-order valence-electron chi connectivity index (χ0n) is 14.4. The highest BCUT2D eigenvalue weighted by Crippen LogP contribution is 2.21. The minimum Gasteiger partial charge on any atom is -0.444 e. The molecule has 0 aromatic heterocycles. The number of nitrogens with one attached hydrogen (secondary N) is 1. The maximum Gasteiger partial charge on any atom is 0.410 e. The summed E-state index contributed by atoms with van der Waals surface area (Å²) in [5, 5.41) is 3.62. The molecule has 6 nitrogen and oxygen atoms in total. The van der Waals surface area contributed by atoms with Crippen LogP contribution < -0.4 is 5.32 Å². The van der Waals surface area contributed by atoms with E-state index in [1.807, 2.05) is 20.8 Å². The van der Waals surface area contributed by atoms with Crippen LogP contribution in [0.3, 0.4) is 0 Å². The van der Waals surface area contributed by atoms with Crippen LogP contribution in [0.1, 0.15) is 34.1 Å². The highest BCUT2D eigenvalue weighted by Gasteiger charge is 2.38. The number of likely N-dealkylation sites (tertiary alicyclic amines) is 1. The average Bonchev–Trinajstić information content (AvgIpc) is 3.05. The van der Waals surface area contributed by atoms with Gasteiger partial charge in [0.15, 0.2) is 0 Å². The van der Waals surface area contributed by atoms with Gasteiger partial charge in [-0.05, 0) is 40.0 Å². The molecule has 22 heavy (non-hydrogen) atoms. The number of rotatable bonds is 4. The first-order chi connectivity index (χ1) is 10.3. The molecule has 0 bridgehead atoms. The average molecular weight is 314 g/mol. The monoisotopic (exact) mass is 314 g/mol. The van der Waals surface area contributed by atoms with Crippen LogP contribution in [0, 0.1) is 5.92 Å². The fourth-order valence-electron chi connectivity index (χ4n) is 3.07. The van der Waals surface area contributed by atoms with Crippen LogP contribution in [-0.4, -0.2) is 68.2 Å². The van der Waals surface area contributed by atoms with Crippen LogP contribution in [0.5, 0.6) is 0 Å². The molecule has 2 rings (SSSR count). The van der Waals surface area contributed by atoms with Gasteiger partial charge in [-0.1, -0.05) is 0 Å². The van der Waals surface area contributed by atoms with Crippen LogP contribution in [0.15, 0.2) is 0 Å². The maximum atomic E-state index is 12.2. The van der Waals surface area contributed by atoms with Crippen LogP contribution in [-0.2, 0) is 14.2 Å². The van der Waals surface area contributed by atoms with Crippen LogP contribution in [0.2, 0.25) is 0 Å². The van der Waals surface area contributed by atoms with E-state index in [9.17, 15) is 4.79 Å². The molecule has 1 amide bonds. The van der Waals surface area contributed by atoms with Crippen molar-refractivity contribution in [1.29, 1.82) is 0 Å². The molecule has 0 radical (unpaired) electrons. The molecule has 4 atom stereocenters. The number of hydrogen-bond acceptors (Lipinski definition) is 5. The second kappa shape index (κ2) is 7.15. The van der Waals surface area contributed by atoms with Gasteiger partial charge in [-0.25, -0.2) is 4.79 Å². The molecule has 2 saturated heterocycles. The first-order valence-corrected chi connectivity index (χ1v) is 8.14. The SMILES string of the molecule is CO[C@H]1CN(C(=O)OC(C)(C)C)CC1NC(C)C1CCOC1. The third-order valence-electron chi connectivity index (χ3n) is 4.37. The normalized spacial score (nSPS) is 30.6. The number of carbonyl (C=O) groups excluding carboxylic acids is 1. The highest BCUT2D eigenvalue weighted by atomic mass is 16.6. The first-order valence-electron chi connectivity index (χ1n) is 8.14. The van der Waals surface area contributed by atoms with Gasteiger partial charge in [-0.2, -0.15) is 0 Å². The lowest BCUT2D eigenvalue weighted by atomic mass is 9.99. The van der Waals surface area contributed by atoms with Gasteiger partial charge in [-0.3, -0.25) is 0 Å². The standard InChI is InChI=1S/C16H30N2O4/c1-11(12-6-7-21-10-12)17-13-8-18(9-14(13)20-5)15(19)22-16(2,3)4/h11-14,17H,6-10H2,1-5H3/t11?,12?,13?,14-/m0/s1. The Morgan fingerprint density at radius 1 is 1.36 bits per heavy atom. The largest absolute Gasteiger partial charge is 0.444 e. The van der Waals surface area contributed by atoms with Crippen molar-refractivity contribution in [2.75, 3.05) is 33.4 Å². The van der Waals surface area contributed by atoms with Gasteiger partial charge in [0.2, 0.25) is 0 Å². The van der Waals surface area contributed by atoms with Crippen molar-refractivity contribution >= 4 is 6.09 Å². The van der Waals surface area contributed by atoms with Crippen LogP contribution >= 0.6 is 0 Å². The molecule has 1 N–H and O–H groups in total. The van der Waals surface area contributed by atoms with Gasteiger partial charge in [0.05, 0.1) is 25.3 Å². The fourth-order valence-corrected chi connectivity index (χ4v) is 3.07. The third kappa shape index (κ3) is 4.57. The highest BCUT2D eigenvalue weighted by molar-refractivity contribution is 5.68. The summed E-state index contributed by atoms with van der Waals surface area (Å²) in [4.78, 5) is 13.9. The molecule has 3 unspecified atom stereocenters. The van der Waals surface area contributed by atoms with Gasteiger partial charge in [-0.15, -0.1) is 0 Å². The van der Waals surface area contributed by atoms with E-state index in [-0.39, 0.29) is 18.2 Å². The van der Waals surface area contributed by atoms with E-state index in [4.69, 9.17) is 14.2 Å². The van der Waals surface area contributed by atoms with Crippen molar-refractivity contribution in [1.82, 2.24) is 10.2 Å². The van der Waals surface area contributed by atoms with Crippen molar-refractivity contribution in [3.63, 3.8) is 0 Å². The summed E-state index contributed by atoms with van der Waals surface area (Å²) in [6.45, 7) is 10.7. The molecule has 2 aliphatic heterocycles. The second-order valence-corrected chi connectivity index (χ2v) is 7.34. The van der Waals surface area contributed by atoms with Gasteiger partial charge in [0.1, 0.15) is 5.60 Å². The Morgan fingerprint density at radius 3 is 2.64 bits per heavy atom. The summed E-state index contributed by atoms with van der Waals surface area (Å²) < 4.78 is 16.5. The van der Waals surface area contributed by atoms with Gasteiger partial charge >= 0.3 is 6.09 Å². The summed E-state index contributed by atoms with van der Waals surface area (Å²) in [6.07, 6.45) is 0.821.